The van der Waals surface area contributed by atoms with Gasteiger partial charge in [-0.25, -0.2) is 9.38 Å². The minimum Gasteiger partial charge on any atom is -0.382 e. The number of rotatable bonds is 6. The fraction of sp³-hybridized carbons (Fsp3) is 0.208. The van der Waals surface area contributed by atoms with E-state index in [1.807, 2.05) is 17.2 Å². The molecule has 5 nitrogen and oxygen atoms in total. The molecule has 0 saturated heterocycles. The average Bonchev–Trinajstić information content (AvgIpc) is 2.73. The molecular formula is C24H23FN4O. The minimum absolute atomic E-state index is 0.233. The maximum atomic E-state index is 15.1. The summed E-state index contributed by atoms with van der Waals surface area (Å²) in [5.41, 5.74) is 8.02. The zero-order chi connectivity index (χ0) is 21.1. The molecule has 0 unspecified atom stereocenters. The van der Waals surface area contributed by atoms with Gasteiger partial charge in [-0.05, 0) is 37.6 Å². The number of hydrogen-bond acceptors (Lipinski definition) is 5. The lowest BCUT2D eigenvalue weighted by Crippen LogP contribution is -2.36. The molecule has 0 atom stereocenters. The fourth-order valence-corrected chi connectivity index (χ4v) is 3.73. The van der Waals surface area contributed by atoms with E-state index in [4.69, 9.17) is 5.73 Å². The summed E-state index contributed by atoms with van der Waals surface area (Å²) in [6.45, 7) is 4.41. The highest BCUT2D eigenvalue weighted by Crippen LogP contribution is 2.32. The highest BCUT2D eigenvalue weighted by Gasteiger charge is 2.27. The molecule has 0 spiro atoms. The molecule has 1 heterocycles. The number of benzene rings is 2. The summed E-state index contributed by atoms with van der Waals surface area (Å²) in [5, 5.41) is 0. The van der Waals surface area contributed by atoms with E-state index in [1.165, 1.54) is 12.5 Å². The molecule has 2 aromatic rings. The lowest BCUT2D eigenvalue weighted by atomic mass is 9.85. The molecule has 6 heteroatoms. The zero-order valence-corrected chi connectivity index (χ0v) is 16.6. The van der Waals surface area contributed by atoms with Crippen molar-refractivity contribution in [1.82, 2.24) is 4.90 Å². The second-order valence-electron chi connectivity index (χ2n) is 7.51. The van der Waals surface area contributed by atoms with Crippen molar-refractivity contribution in [3.8, 4) is 0 Å². The van der Waals surface area contributed by atoms with Gasteiger partial charge in [-0.1, -0.05) is 42.8 Å². The van der Waals surface area contributed by atoms with Crippen LogP contribution in [-0.4, -0.2) is 29.8 Å². The van der Waals surface area contributed by atoms with Crippen LogP contribution in [0.4, 0.5) is 4.39 Å². The number of halogens is 1. The van der Waals surface area contributed by atoms with Crippen molar-refractivity contribution in [2.24, 2.45) is 21.6 Å². The Kier molecular flexibility index (Phi) is 5.57. The molecule has 1 aliphatic carbocycles. The normalized spacial score (nSPS) is 17.9. The highest BCUT2D eigenvalue weighted by molar-refractivity contribution is 6.09. The number of carbonyl (C=O) groups is 1. The molecule has 2 aliphatic rings. The summed E-state index contributed by atoms with van der Waals surface area (Å²) < 4.78 is 15.1. The highest BCUT2D eigenvalue weighted by atomic mass is 19.1. The van der Waals surface area contributed by atoms with E-state index in [0.717, 1.165) is 19.4 Å². The van der Waals surface area contributed by atoms with Crippen LogP contribution in [0, 0.1) is 11.7 Å². The van der Waals surface area contributed by atoms with Crippen LogP contribution < -0.4 is 5.73 Å². The maximum Gasteiger partial charge on any atom is 0.193 e. The predicted molar refractivity (Wildman–Crippen MR) is 118 cm³/mol. The molecule has 30 heavy (non-hydrogen) atoms. The summed E-state index contributed by atoms with van der Waals surface area (Å²) in [5.74, 6) is 0.0353. The van der Waals surface area contributed by atoms with Crippen molar-refractivity contribution < 1.29 is 9.18 Å². The third kappa shape index (κ3) is 3.81. The molecule has 1 fully saturated rings. The smallest absolute Gasteiger partial charge is 0.193 e. The summed E-state index contributed by atoms with van der Waals surface area (Å²) in [7, 11) is 0. The summed E-state index contributed by atoms with van der Waals surface area (Å²) in [6, 6.07) is 13.2. The first kappa shape index (κ1) is 19.8. The van der Waals surface area contributed by atoms with Crippen molar-refractivity contribution in [1.29, 1.82) is 0 Å². The first-order chi connectivity index (χ1) is 14.6. The van der Waals surface area contributed by atoms with Gasteiger partial charge in [0.15, 0.2) is 5.78 Å². The van der Waals surface area contributed by atoms with Gasteiger partial charge in [0, 0.05) is 35.6 Å². The largest absolute Gasteiger partial charge is 0.382 e. The van der Waals surface area contributed by atoms with Gasteiger partial charge in [-0.2, -0.15) is 0 Å². The van der Waals surface area contributed by atoms with Crippen LogP contribution in [0.1, 0.15) is 40.7 Å². The summed E-state index contributed by atoms with van der Waals surface area (Å²) >= 11 is 0. The SMILES string of the molecule is C=N/C(=C1/C(N)=NC=CN1CC1CCC1)c1ccc(C(=O)c2ccccc2)cc1F. The topological polar surface area (TPSA) is 71.0 Å². The van der Waals surface area contributed by atoms with Crippen molar-refractivity contribution in [3.63, 3.8) is 0 Å². The molecule has 0 amide bonds. The lowest BCUT2D eigenvalue weighted by Gasteiger charge is -2.34. The summed E-state index contributed by atoms with van der Waals surface area (Å²) in [6.07, 6.45) is 7.02. The lowest BCUT2D eigenvalue weighted by molar-refractivity contribution is 0.103. The molecular weight excluding hydrogens is 379 g/mol. The Morgan fingerprint density at radius 3 is 2.60 bits per heavy atom. The third-order valence-corrected chi connectivity index (χ3v) is 5.57. The van der Waals surface area contributed by atoms with Gasteiger partial charge in [0.1, 0.15) is 17.3 Å². The number of nitrogens with zero attached hydrogens (tertiary/aromatic N) is 3. The second kappa shape index (κ2) is 8.45. The Morgan fingerprint density at radius 2 is 1.97 bits per heavy atom. The van der Waals surface area contributed by atoms with Gasteiger partial charge in [0.25, 0.3) is 0 Å². The molecule has 2 aromatic carbocycles. The van der Waals surface area contributed by atoms with Crippen LogP contribution in [0.5, 0.6) is 0 Å². The Balaban J connectivity index is 1.71. The quantitative estimate of drug-likeness (QED) is 0.576. The van der Waals surface area contributed by atoms with Crippen LogP contribution in [0.15, 0.2) is 76.6 Å². The standard InChI is InChI=1S/C24H23FN4O/c1-27-21(22-24(26)28-12-13-29(22)15-16-6-5-7-16)19-11-10-18(14-20(19)25)23(30)17-8-3-2-4-9-17/h2-4,8-14,16H,1,5-7,15H2,(H2,26,28)/b22-21-. The van der Waals surface area contributed by atoms with Crippen LogP contribution in [0.3, 0.4) is 0 Å². The second-order valence-corrected chi connectivity index (χ2v) is 7.51. The third-order valence-electron chi connectivity index (χ3n) is 5.57. The molecule has 1 aliphatic heterocycles. The molecule has 1 saturated carbocycles. The molecule has 152 valence electrons. The van der Waals surface area contributed by atoms with E-state index in [9.17, 15) is 4.79 Å². The van der Waals surface area contributed by atoms with Gasteiger partial charge in [0.2, 0.25) is 0 Å². The Morgan fingerprint density at radius 1 is 1.20 bits per heavy atom. The number of nitrogens with two attached hydrogens (primary N) is 1. The Hall–Kier alpha value is -3.54. The van der Waals surface area contributed by atoms with E-state index in [0.29, 0.717) is 22.9 Å². The van der Waals surface area contributed by atoms with Gasteiger partial charge < -0.3 is 10.6 Å². The van der Waals surface area contributed by atoms with Crippen LogP contribution >= 0.6 is 0 Å². The van der Waals surface area contributed by atoms with E-state index >= 15 is 4.39 Å². The molecule has 4 rings (SSSR count). The Labute approximate surface area is 175 Å². The first-order valence-corrected chi connectivity index (χ1v) is 9.96. The maximum absolute atomic E-state index is 15.1. The predicted octanol–water partition coefficient (Wildman–Crippen LogP) is 4.37. The van der Waals surface area contributed by atoms with Crippen LogP contribution in [-0.2, 0) is 0 Å². The minimum atomic E-state index is -0.558. The molecule has 0 bridgehead atoms. The fourth-order valence-electron chi connectivity index (χ4n) is 3.73. The first-order valence-electron chi connectivity index (χ1n) is 9.96. The summed E-state index contributed by atoms with van der Waals surface area (Å²) in [4.78, 5) is 22.9. The zero-order valence-electron chi connectivity index (χ0n) is 16.6. The van der Waals surface area contributed by atoms with E-state index < -0.39 is 5.82 Å². The van der Waals surface area contributed by atoms with E-state index in [2.05, 4.69) is 16.7 Å². The Bertz CT molecular complexity index is 1070. The van der Waals surface area contributed by atoms with Crippen molar-refractivity contribution in [2.45, 2.75) is 19.3 Å². The van der Waals surface area contributed by atoms with Crippen molar-refractivity contribution >= 4 is 24.0 Å². The number of hydrogen-bond donors (Lipinski definition) is 1. The van der Waals surface area contributed by atoms with Gasteiger partial charge in [-0.15, -0.1) is 0 Å². The van der Waals surface area contributed by atoms with E-state index in [1.54, 1.807) is 42.6 Å². The number of aliphatic imine (C=N–C) groups is 2. The molecule has 0 aromatic heterocycles. The van der Waals surface area contributed by atoms with Crippen molar-refractivity contribution in [2.75, 3.05) is 6.54 Å². The van der Waals surface area contributed by atoms with Crippen LogP contribution in [0.2, 0.25) is 0 Å². The average molecular weight is 402 g/mol. The van der Waals surface area contributed by atoms with Gasteiger partial charge >= 0.3 is 0 Å². The van der Waals surface area contributed by atoms with E-state index in [-0.39, 0.29) is 22.7 Å². The van der Waals surface area contributed by atoms with Gasteiger partial charge in [-0.3, -0.25) is 9.79 Å². The molecule has 0 radical (unpaired) electrons. The van der Waals surface area contributed by atoms with Gasteiger partial charge in [0.05, 0.1) is 5.70 Å². The monoisotopic (exact) mass is 402 g/mol. The number of amidine groups is 1. The van der Waals surface area contributed by atoms with Crippen LogP contribution in [0.25, 0.3) is 5.70 Å². The van der Waals surface area contributed by atoms with Crippen molar-refractivity contribution in [3.05, 3.63) is 89.1 Å². The number of ketones is 1. The molecule has 2 N–H and O–H groups in total. The number of carbonyl (C=O) groups excluding carboxylic acids is 1.